The minimum Gasteiger partial charge on any atom is -0.484 e. The van der Waals surface area contributed by atoms with Crippen molar-refractivity contribution in [2.45, 2.75) is 80.7 Å². The zero-order chi connectivity index (χ0) is 20.7. The van der Waals surface area contributed by atoms with Crippen LogP contribution in [0.3, 0.4) is 0 Å². The molecule has 1 aromatic rings. The Morgan fingerprint density at radius 2 is 2.00 bits per heavy atom. The molecule has 0 spiro atoms. The van der Waals surface area contributed by atoms with E-state index in [9.17, 15) is 5.11 Å². The molecule has 1 rings (SSSR count). The third kappa shape index (κ3) is 11.7. The number of aliphatic hydroxyl groups is 1. The van der Waals surface area contributed by atoms with Crippen molar-refractivity contribution >= 4 is 11.5 Å². The zero-order valence-corrected chi connectivity index (χ0v) is 18.2. The first-order chi connectivity index (χ1) is 13.0. The first-order valence-electron chi connectivity index (χ1n) is 9.94. The summed E-state index contributed by atoms with van der Waals surface area (Å²) >= 11 is 0. The Morgan fingerprint density at radius 1 is 1.32 bits per heavy atom. The number of anilines is 1. The van der Waals surface area contributed by atoms with Gasteiger partial charge < -0.3 is 15.2 Å². The number of aliphatic hydroxyl groups excluding tert-OH is 1. The highest BCUT2D eigenvalue weighted by atomic mass is 16.5. The van der Waals surface area contributed by atoms with E-state index in [0.717, 1.165) is 30.5 Å². The Hall–Kier alpha value is -1.95. The van der Waals surface area contributed by atoms with E-state index >= 15 is 0 Å². The van der Waals surface area contributed by atoms with Gasteiger partial charge in [0.25, 0.3) is 0 Å². The average Bonchev–Trinajstić information content (AvgIpc) is 2.67. The zero-order valence-electron chi connectivity index (χ0n) is 18.2. The molecule has 0 saturated carbocycles. The Bertz CT molecular complexity index is 586. The lowest BCUT2D eigenvalue weighted by molar-refractivity contribution is 0.275. The second kappa shape index (κ2) is 17.2. The second-order valence-electron chi connectivity index (χ2n) is 6.27. The summed E-state index contributed by atoms with van der Waals surface area (Å²) in [4.78, 5) is 12.9. The van der Waals surface area contributed by atoms with E-state index in [2.05, 4.69) is 27.2 Å². The van der Waals surface area contributed by atoms with Crippen LogP contribution in [0.2, 0.25) is 0 Å². The van der Waals surface area contributed by atoms with Gasteiger partial charge in [-0.05, 0) is 45.3 Å². The van der Waals surface area contributed by atoms with Crippen molar-refractivity contribution in [1.29, 1.82) is 0 Å². The summed E-state index contributed by atoms with van der Waals surface area (Å²) in [5.74, 6) is 2.01. The summed E-state index contributed by atoms with van der Waals surface area (Å²) in [7, 11) is 1.77. The van der Waals surface area contributed by atoms with E-state index in [0.29, 0.717) is 30.4 Å². The maximum atomic E-state index is 9.30. The fraction of sp³-hybridized carbons (Fsp3) is 0.682. The number of nitrogens with one attached hydrogen (secondary N) is 1. The molecule has 0 bridgehead atoms. The van der Waals surface area contributed by atoms with Crippen LogP contribution in [0.15, 0.2) is 22.8 Å². The van der Waals surface area contributed by atoms with E-state index in [1.165, 1.54) is 0 Å². The maximum Gasteiger partial charge on any atom is 0.180 e. The van der Waals surface area contributed by atoms with Gasteiger partial charge in [-0.2, -0.15) is 0 Å². The number of ether oxygens (including phenoxy) is 1. The predicted octanol–water partition coefficient (Wildman–Crippen LogP) is 5.22. The molecule has 0 radical (unpaired) electrons. The third-order valence-corrected chi connectivity index (χ3v) is 3.86. The molecule has 0 aliphatic carbocycles. The lowest BCUT2D eigenvalue weighted by Gasteiger charge is -2.20. The normalized spacial score (nSPS) is 12.4. The van der Waals surface area contributed by atoms with Crippen LogP contribution in [0.4, 0.5) is 5.82 Å². The monoisotopic (exact) mass is 394 g/mol. The van der Waals surface area contributed by atoms with Gasteiger partial charge in [-0.25, -0.2) is 9.97 Å². The second-order valence-corrected chi connectivity index (χ2v) is 6.27. The number of nitrogens with zero attached hydrogens (tertiary/aromatic N) is 3. The first-order valence-corrected chi connectivity index (χ1v) is 9.94. The van der Waals surface area contributed by atoms with Gasteiger partial charge in [0, 0.05) is 25.4 Å². The summed E-state index contributed by atoms with van der Waals surface area (Å²) in [6, 6.07) is 0.174. The van der Waals surface area contributed by atoms with Crippen molar-refractivity contribution in [3.05, 3.63) is 23.7 Å². The summed E-state index contributed by atoms with van der Waals surface area (Å²) < 4.78 is 5.91. The number of rotatable bonds is 11. The fourth-order valence-electron chi connectivity index (χ4n) is 2.41. The maximum absolute atomic E-state index is 9.30. The third-order valence-electron chi connectivity index (χ3n) is 3.86. The van der Waals surface area contributed by atoms with Gasteiger partial charge in [0.05, 0.1) is 6.20 Å². The van der Waals surface area contributed by atoms with Crippen LogP contribution in [-0.4, -0.2) is 47.1 Å². The van der Waals surface area contributed by atoms with Crippen LogP contribution in [0.25, 0.3) is 0 Å². The van der Waals surface area contributed by atoms with Crippen molar-refractivity contribution in [3.8, 4) is 5.75 Å². The van der Waals surface area contributed by atoms with Crippen molar-refractivity contribution < 1.29 is 9.84 Å². The van der Waals surface area contributed by atoms with E-state index < -0.39 is 0 Å². The number of hydrogen-bond acceptors (Lipinski definition) is 6. The van der Waals surface area contributed by atoms with Gasteiger partial charge >= 0.3 is 0 Å². The molecule has 1 aromatic heterocycles. The van der Waals surface area contributed by atoms with E-state index in [1.807, 2.05) is 40.7 Å². The first kappa shape index (κ1) is 28.3. The number of allylic oxidation sites excluding steroid dienone is 1. The molecule has 0 aliphatic heterocycles. The molecule has 28 heavy (non-hydrogen) atoms. The van der Waals surface area contributed by atoms with Gasteiger partial charge in [-0.3, -0.25) is 4.99 Å². The summed E-state index contributed by atoms with van der Waals surface area (Å²) in [6.07, 6.45) is 7.61. The molecular weight excluding hydrogens is 352 g/mol. The van der Waals surface area contributed by atoms with Crippen molar-refractivity contribution in [2.75, 3.05) is 25.6 Å². The molecule has 0 saturated heterocycles. The molecule has 162 valence electrons. The Kier molecular flexibility index (Phi) is 17.3. The highest BCUT2D eigenvalue weighted by molar-refractivity contribution is 5.93. The topological polar surface area (TPSA) is 79.6 Å². The lowest BCUT2D eigenvalue weighted by atomic mass is 10.1. The number of unbranched alkanes of at least 4 members (excludes halogenated alkanes) is 1. The van der Waals surface area contributed by atoms with Crippen LogP contribution in [-0.2, 0) is 0 Å². The molecule has 0 fully saturated rings. The van der Waals surface area contributed by atoms with Crippen LogP contribution in [0.1, 0.15) is 73.6 Å². The van der Waals surface area contributed by atoms with Gasteiger partial charge in [0.15, 0.2) is 11.6 Å². The molecule has 1 atom stereocenters. The SMILES string of the molecule is C.CC.CCCCC(CCO)Nc1nc(C)ncc1OC/C(C)=C/C(C)=NC. The largest absolute Gasteiger partial charge is 0.484 e. The van der Waals surface area contributed by atoms with Gasteiger partial charge in [-0.1, -0.05) is 41.0 Å². The molecule has 2 N–H and O–H groups in total. The standard InChI is InChI=1S/C19H32N4O2.C2H6.CH4/c1-6-7-8-17(9-10-24)23-19-18(12-21-16(4)22-19)25-13-14(2)11-15(3)20-5;1-2;/h11-12,17,24H,6-10,13H2,1-5H3,(H,21,22,23);1-2H3;1H4/b14-11+,20-15?;;. The van der Waals surface area contributed by atoms with E-state index in [-0.39, 0.29) is 20.1 Å². The fourth-order valence-corrected chi connectivity index (χ4v) is 2.41. The van der Waals surface area contributed by atoms with E-state index in [1.54, 1.807) is 13.2 Å². The van der Waals surface area contributed by atoms with Gasteiger partial charge in [0.2, 0.25) is 0 Å². The van der Waals surface area contributed by atoms with Crippen molar-refractivity contribution in [3.63, 3.8) is 0 Å². The van der Waals surface area contributed by atoms with E-state index in [4.69, 9.17) is 4.74 Å². The highest BCUT2D eigenvalue weighted by Crippen LogP contribution is 2.24. The molecule has 0 aromatic carbocycles. The quantitative estimate of drug-likeness (QED) is 0.503. The van der Waals surface area contributed by atoms with Crippen molar-refractivity contribution in [1.82, 2.24) is 9.97 Å². The Morgan fingerprint density at radius 3 is 2.57 bits per heavy atom. The summed E-state index contributed by atoms with van der Waals surface area (Å²) in [6.45, 7) is 12.6. The summed E-state index contributed by atoms with van der Waals surface area (Å²) in [5.41, 5.74) is 2.04. The number of aliphatic imine (C=N–C) groups is 1. The molecule has 1 heterocycles. The minimum atomic E-state index is 0. The molecule has 6 heteroatoms. The van der Waals surface area contributed by atoms with Crippen LogP contribution in [0.5, 0.6) is 5.75 Å². The Balaban J connectivity index is 0. The molecule has 0 aliphatic rings. The van der Waals surface area contributed by atoms with Gasteiger partial charge in [-0.15, -0.1) is 0 Å². The molecule has 1 unspecified atom stereocenters. The van der Waals surface area contributed by atoms with Crippen molar-refractivity contribution in [2.24, 2.45) is 4.99 Å². The number of hydrogen-bond donors (Lipinski definition) is 2. The number of aryl methyl sites for hydroxylation is 1. The average molecular weight is 395 g/mol. The van der Waals surface area contributed by atoms with Gasteiger partial charge in [0.1, 0.15) is 12.4 Å². The van der Waals surface area contributed by atoms with Crippen LogP contribution >= 0.6 is 0 Å². The molecule has 0 amide bonds. The van der Waals surface area contributed by atoms with Crippen LogP contribution in [0, 0.1) is 6.92 Å². The molecular formula is C22H42N4O2. The lowest BCUT2D eigenvalue weighted by Crippen LogP contribution is -2.22. The van der Waals surface area contributed by atoms with Crippen LogP contribution < -0.4 is 10.1 Å². The number of aromatic nitrogens is 2. The Labute approximate surface area is 172 Å². The molecule has 6 nitrogen and oxygen atoms in total. The predicted molar refractivity (Wildman–Crippen MR) is 122 cm³/mol. The minimum absolute atomic E-state index is 0. The summed E-state index contributed by atoms with van der Waals surface area (Å²) in [5, 5.41) is 12.7. The smallest absolute Gasteiger partial charge is 0.180 e. The highest BCUT2D eigenvalue weighted by Gasteiger charge is 2.13.